The molecule has 0 radical (unpaired) electrons. The molecular weight excluding hydrogens is 366 g/mol. The first-order chi connectivity index (χ1) is 14.6. The molecule has 0 aromatic heterocycles. The monoisotopic (exact) mass is 397 g/mol. The quantitative estimate of drug-likeness (QED) is 0.324. The van der Waals surface area contributed by atoms with Gasteiger partial charge in [-0.2, -0.15) is 0 Å². The van der Waals surface area contributed by atoms with Crippen molar-refractivity contribution in [1.82, 2.24) is 0 Å². The molecule has 0 heterocycles. The van der Waals surface area contributed by atoms with E-state index in [0.717, 1.165) is 18.4 Å². The maximum Gasteiger partial charge on any atom is 0.195 e. The Morgan fingerprint density at radius 1 is 0.800 bits per heavy atom. The summed E-state index contributed by atoms with van der Waals surface area (Å²) in [4.78, 5) is 13.3. The average Bonchev–Trinajstić information content (AvgIpc) is 3.06. The van der Waals surface area contributed by atoms with E-state index in [1.165, 1.54) is 47.9 Å². The number of fused-ring (bicyclic) bond motifs is 3. The number of hydrogen-bond acceptors (Lipinski definition) is 2. The van der Waals surface area contributed by atoms with Gasteiger partial charge in [0.1, 0.15) is 0 Å². The van der Waals surface area contributed by atoms with Crippen LogP contribution in [0.25, 0.3) is 11.1 Å². The van der Waals surface area contributed by atoms with E-state index in [1.807, 2.05) is 24.3 Å². The molecule has 30 heavy (non-hydrogen) atoms. The summed E-state index contributed by atoms with van der Waals surface area (Å²) in [6.07, 6.45) is 6.95. The second-order valence-corrected chi connectivity index (χ2v) is 8.51. The molecule has 4 rings (SSSR count). The van der Waals surface area contributed by atoms with Crippen LogP contribution in [0.3, 0.4) is 0 Å². The Morgan fingerprint density at radius 3 is 2.13 bits per heavy atom. The molecule has 3 aromatic carbocycles. The summed E-state index contributed by atoms with van der Waals surface area (Å²) in [6.45, 7) is 4.51. The average molecular weight is 398 g/mol. The van der Waals surface area contributed by atoms with Crippen LogP contribution in [0.15, 0.2) is 66.7 Å². The van der Waals surface area contributed by atoms with E-state index >= 15 is 0 Å². The summed E-state index contributed by atoms with van der Waals surface area (Å²) < 4.78 is 0. The Hall–Kier alpha value is -2.87. The standard InChI is InChI=1S/C28H31NO/c1-3-5-17-28(18-6-4-2)24-13-9-7-11-21(24)22-16-15-20(19-25(22)28)27(30)23-12-8-10-14-26(23)29/h7-16,19H,3-6,17-18,29H2,1-2H3. The summed E-state index contributed by atoms with van der Waals surface area (Å²) in [5, 5.41) is 0. The Bertz CT molecular complexity index is 1060. The van der Waals surface area contributed by atoms with Gasteiger partial charge in [0, 0.05) is 22.2 Å². The molecule has 2 nitrogen and oxygen atoms in total. The van der Waals surface area contributed by atoms with Crippen LogP contribution in [0.1, 0.15) is 79.4 Å². The van der Waals surface area contributed by atoms with Gasteiger partial charge in [-0.3, -0.25) is 4.79 Å². The molecular formula is C28H31NO. The molecule has 0 saturated carbocycles. The molecule has 0 fully saturated rings. The predicted octanol–water partition coefficient (Wildman–Crippen LogP) is 7.15. The number of benzene rings is 3. The van der Waals surface area contributed by atoms with E-state index in [4.69, 9.17) is 5.73 Å². The van der Waals surface area contributed by atoms with Gasteiger partial charge < -0.3 is 5.73 Å². The van der Waals surface area contributed by atoms with E-state index in [-0.39, 0.29) is 11.2 Å². The van der Waals surface area contributed by atoms with E-state index in [0.29, 0.717) is 11.3 Å². The highest BCUT2D eigenvalue weighted by molar-refractivity contribution is 6.12. The van der Waals surface area contributed by atoms with Crippen molar-refractivity contribution in [2.75, 3.05) is 5.73 Å². The molecule has 3 aromatic rings. The van der Waals surface area contributed by atoms with Gasteiger partial charge in [0.15, 0.2) is 5.78 Å². The van der Waals surface area contributed by atoms with Gasteiger partial charge in [-0.05, 0) is 53.3 Å². The van der Waals surface area contributed by atoms with Crippen LogP contribution in [-0.2, 0) is 5.41 Å². The largest absolute Gasteiger partial charge is 0.398 e. The number of anilines is 1. The first-order valence-electron chi connectivity index (χ1n) is 11.3. The minimum Gasteiger partial charge on any atom is -0.398 e. The molecule has 1 aliphatic rings. The van der Waals surface area contributed by atoms with Crippen LogP contribution < -0.4 is 5.73 Å². The predicted molar refractivity (Wildman–Crippen MR) is 126 cm³/mol. The molecule has 0 atom stereocenters. The van der Waals surface area contributed by atoms with Gasteiger partial charge >= 0.3 is 0 Å². The van der Waals surface area contributed by atoms with Crippen molar-refractivity contribution < 1.29 is 4.79 Å². The zero-order chi connectivity index (χ0) is 21.1. The van der Waals surface area contributed by atoms with Crippen LogP contribution in [-0.4, -0.2) is 5.78 Å². The van der Waals surface area contributed by atoms with Crippen molar-refractivity contribution in [1.29, 1.82) is 0 Å². The number of hydrogen-bond donors (Lipinski definition) is 1. The van der Waals surface area contributed by atoms with E-state index < -0.39 is 0 Å². The summed E-state index contributed by atoms with van der Waals surface area (Å²) in [5.74, 6) is 0.00624. The van der Waals surface area contributed by atoms with E-state index in [2.05, 4.69) is 50.2 Å². The SMILES string of the molecule is CCCCC1(CCCC)c2ccccc2-c2ccc(C(=O)c3ccccc3N)cc21. The van der Waals surface area contributed by atoms with Crippen LogP contribution in [0.5, 0.6) is 0 Å². The molecule has 0 saturated heterocycles. The molecule has 0 bridgehead atoms. The molecule has 0 aliphatic heterocycles. The number of para-hydroxylation sites is 1. The number of nitrogen functional groups attached to an aromatic ring is 1. The molecule has 2 heteroatoms. The Kier molecular flexibility index (Phi) is 5.76. The summed E-state index contributed by atoms with van der Waals surface area (Å²) in [5.41, 5.74) is 13.3. The Morgan fingerprint density at radius 2 is 1.43 bits per heavy atom. The minimum atomic E-state index is -0.00350. The lowest BCUT2D eigenvalue weighted by Crippen LogP contribution is -2.25. The van der Waals surface area contributed by atoms with Crippen LogP contribution in [0.2, 0.25) is 0 Å². The minimum absolute atomic E-state index is 0.00350. The highest BCUT2D eigenvalue weighted by Gasteiger charge is 2.42. The lowest BCUT2D eigenvalue weighted by atomic mass is 9.70. The van der Waals surface area contributed by atoms with E-state index in [1.54, 1.807) is 6.07 Å². The lowest BCUT2D eigenvalue weighted by Gasteiger charge is -2.33. The van der Waals surface area contributed by atoms with Crippen molar-refractivity contribution in [3.63, 3.8) is 0 Å². The number of unbranched alkanes of at least 4 members (excludes halogenated alkanes) is 2. The van der Waals surface area contributed by atoms with Crippen molar-refractivity contribution in [3.05, 3.63) is 89.0 Å². The van der Waals surface area contributed by atoms with Crippen molar-refractivity contribution in [2.45, 2.75) is 57.8 Å². The Labute approximate surface area is 180 Å². The van der Waals surface area contributed by atoms with Crippen molar-refractivity contribution in [2.24, 2.45) is 0 Å². The third-order valence-corrected chi connectivity index (χ3v) is 6.65. The number of carbonyl (C=O) groups is 1. The zero-order valence-electron chi connectivity index (χ0n) is 18.1. The summed E-state index contributed by atoms with van der Waals surface area (Å²) in [6, 6.07) is 22.5. The molecule has 154 valence electrons. The second kappa shape index (κ2) is 8.47. The number of nitrogens with two attached hydrogens (primary N) is 1. The fourth-order valence-electron chi connectivity index (χ4n) is 5.08. The first kappa shape index (κ1) is 20.4. The maximum atomic E-state index is 13.3. The molecule has 1 aliphatic carbocycles. The first-order valence-corrected chi connectivity index (χ1v) is 11.3. The Balaban J connectivity index is 1.87. The van der Waals surface area contributed by atoms with Crippen LogP contribution >= 0.6 is 0 Å². The van der Waals surface area contributed by atoms with Crippen LogP contribution in [0.4, 0.5) is 5.69 Å². The van der Waals surface area contributed by atoms with Crippen molar-refractivity contribution >= 4 is 11.5 Å². The maximum absolute atomic E-state index is 13.3. The van der Waals surface area contributed by atoms with Gasteiger partial charge in [0.25, 0.3) is 0 Å². The number of carbonyl (C=O) groups excluding carboxylic acids is 1. The molecule has 2 N–H and O–H groups in total. The zero-order valence-corrected chi connectivity index (χ0v) is 18.1. The van der Waals surface area contributed by atoms with Gasteiger partial charge in [-0.15, -0.1) is 0 Å². The molecule has 0 unspecified atom stereocenters. The van der Waals surface area contributed by atoms with Gasteiger partial charge in [0.2, 0.25) is 0 Å². The highest BCUT2D eigenvalue weighted by Crippen LogP contribution is 2.54. The van der Waals surface area contributed by atoms with E-state index in [9.17, 15) is 4.79 Å². The van der Waals surface area contributed by atoms with Crippen molar-refractivity contribution in [3.8, 4) is 11.1 Å². The molecule has 0 spiro atoms. The third kappa shape index (κ3) is 3.35. The van der Waals surface area contributed by atoms with Gasteiger partial charge in [-0.25, -0.2) is 0 Å². The third-order valence-electron chi connectivity index (χ3n) is 6.65. The van der Waals surface area contributed by atoms with Gasteiger partial charge in [0.05, 0.1) is 0 Å². The van der Waals surface area contributed by atoms with Crippen LogP contribution in [0, 0.1) is 0 Å². The summed E-state index contributed by atoms with van der Waals surface area (Å²) >= 11 is 0. The normalized spacial score (nSPS) is 13.7. The number of rotatable bonds is 8. The number of ketones is 1. The lowest BCUT2D eigenvalue weighted by molar-refractivity contribution is 0.103. The molecule has 0 amide bonds. The fraction of sp³-hybridized carbons (Fsp3) is 0.321. The second-order valence-electron chi connectivity index (χ2n) is 8.51. The van der Waals surface area contributed by atoms with Gasteiger partial charge in [-0.1, -0.05) is 88.1 Å². The smallest absolute Gasteiger partial charge is 0.195 e. The summed E-state index contributed by atoms with van der Waals surface area (Å²) in [7, 11) is 0. The topological polar surface area (TPSA) is 43.1 Å². The highest BCUT2D eigenvalue weighted by atomic mass is 16.1. The fourth-order valence-corrected chi connectivity index (χ4v) is 5.08.